The Morgan fingerprint density at radius 1 is 1.35 bits per heavy atom. The Kier molecular flexibility index (Phi) is 5.87. The van der Waals surface area contributed by atoms with Crippen molar-refractivity contribution < 1.29 is 4.79 Å². The van der Waals surface area contributed by atoms with E-state index in [0.29, 0.717) is 16.6 Å². The van der Waals surface area contributed by atoms with Gasteiger partial charge in [-0.15, -0.1) is 0 Å². The maximum atomic E-state index is 12.1. The Bertz CT molecular complexity index is 483. The molecule has 1 unspecified atom stereocenters. The lowest BCUT2D eigenvalue weighted by atomic mass is 10.1. The highest BCUT2D eigenvalue weighted by atomic mass is 35.5. The van der Waals surface area contributed by atoms with E-state index in [1.54, 1.807) is 6.07 Å². The van der Waals surface area contributed by atoms with E-state index in [1.165, 1.54) is 0 Å². The molecule has 1 amide bonds. The second-order valence-electron chi connectivity index (χ2n) is 6.04. The first-order chi connectivity index (χ1) is 9.11. The van der Waals surface area contributed by atoms with Crippen molar-refractivity contribution in [1.82, 2.24) is 10.2 Å². The first-order valence-electron chi connectivity index (χ1n) is 6.57. The molecule has 5 heteroatoms. The number of nitrogens with zero attached hydrogens (tertiary/aromatic N) is 1. The molecule has 0 radical (unpaired) electrons. The van der Waals surface area contributed by atoms with Gasteiger partial charge in [-0.25, -0.2) is 0 Å². The number of carbonyl (C=O) groups excluding carboxylic acids is 1. The van der Waals surface area contributed by atoms with E-state index in [9.17, 15) is 4.79 Å². The number of benzene rings is 1. The third-order valence-corrected chi connectivity index (χ3v) is 3.85. The van der Waals surface area contributed by atoms with E-state index >= 15 is 0 Å². The molecule has 1 aromatic rings. The number of halogens is 2. The van der Waals surface area contributed by atoms with Gasteiger partial charge in [-0.1, -0.05) is 35.3 Å². The monoisotopic (exact) mass is 316 g/mol. The van der Waals surface area contributed by atoms with Crippen molar-refractivity contribution in [2.75, 3.05) is 7.05 Å². The van der Waals surface area contributed by atoms with Crippen molar-refractivity contribution in [2.45, 2.75) is 45.8 Å². The van der Waals surface area contributed by atoms with Gasteiger partial charge in [0.05, 0.1) is 16.1 Å². The normalized spacial score (nSPS) is 13.4. The molecule has 0 saturated carbocycles. The second kappa shape index (κ2) is 6.79. The molecular formula is C15H22Cl2N2O. The maximum absolute atomic E-state index is 12.1. The fourth-order valence-electron chi connectivity index (χ4n) is 1.75. The largest absolute Gasteiger partial charge is 0.350 e. The van der Waals surface area contributed by atoms with Crippen LogP contribution in [-0.2, 0) is 11.3 Å². The molecule has 0 spiro atoms. The highest BCUT2D eigenvalue weighted by molar-refractivity contribution is 6.42. The predicted octanol–water partition coefficient (Wildman–Crippen LogP) is 3.73. The average Bonchev–Trinajstić information content (AvgIpc) is 2.31. The number of likely N-dealkylation sites (N-methyl/N-ethyl adjacent to an activating group) is 1. The van der Waals surface area contributed by atoms with Crippen molar-refractivity contribution in [3.8, 4) is 0 Å². The number of rotatable bonds is 4. The Labute approximate surface area is 131 Å². The fraction of sp³-hybridized carbons (Fsp3) is 0.533. The summed E-state index contributed by atoms with van der Waals surface area (Å²) in [6, 6.07) is 5.28. The summed E-state index contributed by atoms with van der Waals surface area (Å²) in [5, 5.41) is 4.05. The van der Waals surface area contributed by atoms with E-state index in [1.807, 2.05) is 51.8 Å². The van der Waals surface area contributed by atoms with Gasteiger partial charge in [-0.3, -0.25) is 9.69 Å². The van der Waals surface area contributed by atoms with Gasteiger partial charge in [0.25, 0.3) is 0 Å². The number of amides is 1. The van der Waals surface area contributed by atoms with Gasteiger partial charge in [0.2, 0.25) is 5.91 Å². The van der Waals surface area contributed by atoms with Gasteiger partial charge in [0.15, 0.2) is 0 Å². The topological polar surface area (TPSA) is 32.3 Å². The van der Waals surface area contributed by atoms with Crippen LogP contribution in [0.3, 0.4) is 0 Å². The molecule has 0 aliphatic heterocycles. The van der Waals surface area contributed by atoms with E-state index in [0.717, 1.165) is 5.56 Å². The average molecular weight is 317 g/mol. The number of carbonyl (C=O) groups is 1. The van der Waals surface area contributed by atoms with Crippen LogP contribution in [0.5, 0.6) is 0 Å². The third-order valence-electron chi connectivity index (χ3n) is 2.99. The summed E-state index contributed by atoms with van der Waals surface area (Å²) >= 11 is 12.2. The number of hydrogen-bond acceptors (Lipinski definition) is 2. The summed E-state index contributed by atoms with van der Waals surface area (Å²) in [7, 11) is 1.89. The first-order valence-corrected chi connectivity index (χ1v) is 7.32. The van der Waals surface area contributed by atoms with E-state index in [2.05, 4.69) is 5.32 Å². The molecule has 0 fully saturated rings. The number of nitrogens with one attached hydrogen (secondary N) is 1. The van der Waals surface area contributed by atoms with Crippen molar-refractivity contribution in [3.63, 3.8) is 0 Å². The third kappa shape index (κ3) is 4.97. The predicted molar refractivity (Wildman–Crippen MR) is 85.3 cm³/mol. The number of hydrogen-bond donors (Lipinski definition) is 1. The van der Waals surface area contributed by atoms with Crippen molar-refractivity contribution in [2.24, 2.45) is 0 Å². The standard InChI is InChI=1S/C15H22Cl2N2O/c1-10(14(20)18-15(2,3)4)19(5)9-11-7-6-8-12(16)13(11)17/h6-8,10H,9H2,1-5H3,(H,18,20). The lowest BCUT2D eigenvalue weighted by Crippen LogP contribution is -2.49. The zero-order valence-electron chi connectivity index (χ0n) is 12.6. The lowest BCUT2D eigenvalue weighted by molar-refractivity contribution is -0.127. The first kappa shape index (κ1) is 17.3. The SMILES string of the molecule is CC(C(=O)NC(C)(C)C)N(C)Cc1cccc(Cl)c1Cl. The van der Waals surface area contributed by atoms with Gasteiger partial charge in [-0.05, 0) is 46.4 Å². The van der Waals surface area contributed by atoms with Crippen molar-refractivity contribution in [1.29, 1.82) is 0 Å². The molecule has 112 valence electrons. The Morgan fingerprint density at radius 2 is 1.95 bits per heavy atom. The molecule has 0 aliphatic carbocycles. The Balaban J connectivity index is 2.73. The van der Waals surface area contributed by atoms with Crippen LogP contribution in [0.1, 0.15) is 33.3 Å². The summed E-state index contributed by atoms with van der Waals surface area (Å²) in [4.78, 5) is 14.1. The van der Waals surface area contributed by atoms with Crippen LogP contribution >= 0.6 is 23.2 Å². The minimum Gasteiger partial charge on any atom is -0.350 e. The molecule has 0 aromatic heterocycles. The zero-order chi connectivity index (χ0) is 15.5. The van der Waals surface area contributed by atoms with Gasteiger partial charge in [-0.2, -0.15) is 0 Å². The minimum atomic E-state index is -0.246. The minimum absolute atomic E-state index is 0.00171. The lowest BCUT2D eigenvalue weighted by Gasteiger charge is -2.28. The molecule has 20 heavy (non-hydrogen) atoms. The van der Waals surface area contributed by atoms with Crippen LogP contribution in [0, 0.1) is 0 Å². The zero-order valence-corrected chi connectivity index (χ0v) is 14.1. The highest BCUT2D eigenvalue weighted by Gasteiger charge is 2.23. The summed E-state index contributed by atoms with van der Waals surface area (Å²) in [5.41, 5.74) is 0.678. The summed E-state index contributed by atoms with van der Waals surface area (Å²) in [6.07, 6.45) is 0. The molecule has 3 nitrogen and oxygen atoms in total. The quantitative estimate of drug-likeness (QED) is 0.918. The van der Waals surface area contributed by atoms with Crippen LogP contribution in [0.2, 0.25) is 10.0 Å². The molecule has 1 N–H and O–H groups in total. The molecule has 1 atom stereocenters. The van der Waals surface area contributed by atoms with Gasteiger partial charge >= 0.3 is 0 Å². The van der Waals surface area contributed by atoms with Gasteiger partial charge in [0.1, 0.15) is 0 Å². The van der Waals surface area contributed by atoms with Crippen molar-refractivity contribution in [3.05, 3.63) is 33.8 Å². The molecular weight excluding hydrogens is 295 g/mol. The van der Waals surface area contributed by atoms with E-state index in [4.69, 9.17) is 23.2 Å². The summed E-state index contributed by atoms with van der Waals surface area (Å²) in [6.45, 7) is 8.33. The van der Waals surface area contributed by atoms with Crippen LogP contribution in [-0.4, -0.2) is 29.4 Å². The van der Waals surface area contributed by atoms with Crippen LogP contribution in [0.4, 0.5) is 0 Å². The Hall–Kier alpha value is -0.770. The smallest absolute Gasteiger partial charge is 0.237 e. The second-order valence-corrected chi connectivity index (χ2v) is 6.83. The van der Waals surface area contributed by atoms with Gasteiger partial charge in [0, 0.05) is 12.1 Å². The van der Waals surface area contributed by atoms with Crippen molar-refractivity contribution >= 4 is 29.1 Å². The highest BCUT2D eigenvalue weighted by Crippen LogP contribution is 2.26. The summed E-state index contributed by atoms with van der Waals surface area (Å²) < 4.78 is 0. The fourth-order valence-corrected chi connectivity index (χ4v) is 2.13. The van der Waals surface area contributed by atoms with Gasteiger partial charge < -0.3 is 5.32 Å². The molecule has 1 aromatic carbocycles. The molecule has 0 heterocycles. The Morgan fingerprint density at radius 3 is 2.50 bits per heavy atom. The van der Waals surface area contributed by atoms with E-state index in [-0.39, 0.29) is 17.5 Å². The van der Waals surface area contributed by atoms with E-state index < -0.39 is 0 Å². The van der Waals surface area contributed by atoms with Crippen LogP contribution < -0.4 is 5.32 Å². The summed E-state index contributed by atoms with van der Waals surface area (Å²) in [5.74, 6) is -0.00171. The molecule has 0 bridgehead atoms. The molecule has 1 rings (SSSR count). The van der Waals surface area contributed by atoms with Crippen LogP contribution in [0.15, 0.2) is 18.2 Å². The molecule has 0 saturated heterocycles. The molecule has 0 aliphatic rings. The van der Waals surface area contributed by atoms with Crippen LogP contribution in [0.25, 0.3) is 0 Å². The maximum Gasteiger partial charge on any atom is 0.237 e.